The topological polar surface area (TPSA) is 55.8 Å². The van der Waals surface area contributed by atoms with Gasteiger partial charge < -0.3 is 19.0 Å². The molecule has 3 aliphatic heterocycles. The normalized spacial score (nSPS) is 22.6. The summed E-state index contributed by atoms with van der Waals surface area (Å²) in [6, 6.07) is 16.5. The summed E-state index contributed by atoms with van der Waals surface area (Å²) < 4.78 is 16.9. The lowest BCUT2D eigenvalue weighted by Gasteiger charge is -2.36. The molecule has 0 radical (unpaired) electrons. The van der Waals surface area contributed by atoms with E-state index in [9.17, 15) is 0 Å². The quantitative estimate of drug-likeness (QED) is 0.515. The van der Waals surface area contributed by atoms with Crippen LogP contribution >= 0.6 is 0 Å². The molecule has 2 aromatic carbocycles. The van der Waals surface area contributed by atoms with Gasteiger partial charge in [-0.25, -0.2) is 0 Å². The average molecular weight is 478 g/mol. The predicted octanol–water partition coefficient (Wildman–Crippen LogP) is 3.54. The molecule has 186 valence electrons. The van der Waals surface area contributed by atoms with Crippen LogP contribution in [0.5, 0.6) is 11.5 Å². The Morgan fingerprint density at radius 3 is 2.66 bits per heavy atom. The maximum atomic E-state index is 6.11. The zero-order valence-electron chi connectivity index (χ0n) is 20.7. The molecule has 0 unspecified atom stereocenters. The van der Waals surface area contributed by atoms with Gasteiger partial charge in [-0.3, -0.25) is 9.80 Å². The lowest BCUT2D eigenvalue weighted by atomic mass is 9.90. The smallest absolute Gasteiger partial charge is 0.151 e. The molecule has 2 aromatic rings. The molecule has 35 heavy (non-hydrogen) atoms. The number of hydrogen-bond acceptors (Lipinski definition) is 7. The van der Waals surface area contributed by atoms with E-state index in [4.69, 9.17) is 19.0 Å². The Balaban J connectivity index is 1.11. The van der Waals surface area contributed by atoms with E-state index in [1.807, 2.05) is 18.2 Å². The number of methoxy groups -OCH3 is 1. The first-order chi connectivity index (χ1) is 17.2. The van der Waals surface area contributed by atoms with Crippen molar-refractivity contribution >= 4 is 11.8 Å². The summed E-state index contributed by atoms with van der Waals surface area (Å²) in [6.45, 7) is 9.98. The van der Waals surface area contributed by atoms with Gasteiger partial charge in [0, 0.05) is 58.0 Å². The highest BCUT2D eigenvalue weighted by Crippen LogP contribution is 2.36. The van der Waals surface area contributed by atoms with Crippen LogP contribution in [0.1, 0.15) is 18.1 Å². The van der Waals surface area contributed by atoms with Crippen LogP contribution in [0.3, 0.4) is 0 Å². The van der Waals surface area contributed by atoms with E-state index in [0.29, 0.717) is 19.8 Å². The molecule has 7 nitrogen and oxygen atoms in total. The van der Waals surface area contributed by atoms with Gasteiger partial charge in [0.25, 0.3) is 0 Å². The Morgan fingerprint density at radius 1 is 1.06 bits per heavy atom. The lowest BCUT2D eigenvalue weighted by Crippen LogP contribution is -2.50. The third-order valence-electron chi connectivity index (χ3n) is 6.88. The van der Waals surface area contributed by atoms with Gasteiger partial charge in [0.1, 0.15) is 30.4 Å². The molecule has 0 saturated carbocycles. The van der Waals surface area contributed by atoms with E-state index in [2.05, 4.69) is 58.3 Å². The van der Waals surface area contributed by atoms with Gasteiger partial charge in [-0.15, -0.1) is 0 Å². The summed E-state index contributed by atoms with van der Waals surface area (Å²) in [6.07, 6.45) is 2.31. The number of benzene rings is 2. The molecule has 7 heteroatoms. The highest BCUT2D eigenvalue weighted by Gasteiger charge is 2.41. The molecule has 0 amide bonds. The van der Waals surface area contributed by atoms with E-state index in [0.717, 1.165) is 62.0 Å². The summed E-state index contributed by atoms with van der Waals surface area (Å²) in [5.74, 6) is 1.76. The molecule has 1 saturated heterocycles. The zero-order valence-corrected chi connectivity index (χ0v) is 20.7. The maximum absolute atomic E-state index is 6.11. The minimum atomic E-state index is 0.0297. The minimum absolute atomic E-state index is 0.0297. The first-order valence-electron chi connectivity index (χ1n) is 12.5. The second kappa shape index (κ2) is 11.2. The Hall–Kier alpha value is -2.87. The van der Waals surface area contributed by atoms with Crippen LogP contribution in [0.15, 0.2) is 59.3 Å². The molecule has 2 atom stereocenters. The van der Waals surface area contributed by atoms with E-state index in [1.165, 1.54) is 11.1 Å². The summed E-state index contributed by atoms with van der Waals surface area (Å²) in [5, 5.41) is 4.48. The van der Waals surface area contributed by atoms with Crippen LogP contribution in [0, 0.1) is 5.92 Å². The highest BCUT2D eigenvalue weighted by molar-refractivity contribution is 6.06. The average Bonchev–Trinajstić information content (AvgIpc) is 3.29. The Bertz CT molecular complexity index is 1050. The summed E-state index contributed by atoms with van der Waals surface area (Å²) >= 11 is 0. The van der Waals surface area contributed by atoms with E-state index >= 15 is 0 Å². The predicted molar refractivity (Wildman–Crippen MR) is 137 cm³/mol. The third kappa shape index (κ3) is 5.86. The number of fused-ring (bicyclic) bond motifs is 3. The monoisotopic (exact) mass is 477 g/mol. The Morgan fingerprint density at radius 2 is 1.86 bits per heavy atom. The van der Waals surface area contributed by atoms with Crippen molar-refractivity contribution in [3.8, 4) is 11.5 Å². The van der Waals surface area contributed by atoms with Crippen LogP contribution in [0.2, 0.25) is 0 Å². The Kier molecular flexibility index (Phi) is 7.66. The van der Waals surface area contributed by atoms with Crippen molar-refractivity contribution in [2.75, 3.05) is 66.2 Å². The summed E-state index contributed by atoms with van der Waals surface area (Å²) in [5.41, 5.74) is 4.67. The molecule has 0 N–H and O–H groups in total. The molecule has 3 aliphatic rings. The molecule has 3 heterocycles. The second-order valence-electron chi connectivity index (χ2n) is 9.52. The molecule has 0 aliphatic carbocycles. The standard InChI is InChI=1S/C28H35N3O4/c1-21(16-22-6-4-3-5-7-22)18-30-10-12-31(13-11-30)19-27-25-20-34-26-17-23(33-15-14-32-2)8-9-24(26)28(25)29-35-27/h3-9,16-17,25,27H,10-15,18-20H2,1-2H3/b21-16+/t25-,27-/m0/s1. The lowest BCUT2D eigenvalue weighted by molar-refractivity contribution is 0.0101. The van der Waals surface area contributed by atoms with Gasteiger partial charge in [-0.05, 0) is 24.6 Å². The molecule has 5 rings (SSSR count). The van der Waals surface area contributed by atoms with Crippen molar-refractivity contribution in [1.82, 2.24) is 9.80 Å². The molecule has 0 aromatic heterocycles. The summed E-state index contributed by atoms with van der Waals surface area (Å²) in [7, 11) is 1.67. The van der Waals surface area contributed by atoms with E-state index in [-0.39, 0.29) is 12.0 Å². The number of rotatable bonds is 9. The van der Waals surface area contributed by atoms with Crippen LogP contribution in [-0.4, -0.2) is 87.8 Å². The molecule has 1 fully saturated rings. The van der Waals surface area contributed by atoms with E-state index < -0.39 is 0 Å². The number of hydrogen-bond donors (Lipinski definition) is 0. The van der Waals surface area contributed by atoms with Crippen molar-refractivity contribution in [2.24, 2.45) is 11.1 Å². The van der Waals surface area contributed by atoms with Gasteiger partial charge in [-0.2, -0.15) is 0 Å². The largest absolute Gasteiger partial charge is 0.492 e. The summed E-state index contributed by atoms with van der Waals surface area (Å²) in [4.78, 5) is 11.0. The maximum Gasteiger partial charge on any atom is 0.151 e. The number of nitrogens with zero attached hydrogens (tertiary/aromatic N) is 3. The van der Waals surface area contributed by atoms with Crippen molar-refractivity contribution < 1.29 is 19.0 Å². The first kappa shape index (κ1) is 23.9. The highest BCUT2D eigenvalue weighted by atomic mass is 16.6. The fourth-order valence-corrected chi connectivity index (χ4v) is 5.00. The molecule has 0 bridgehead atoms. The fraction of sp³-hybridized carbons (Fsp3) is 0.464. The van der Waals surface area contributed by atoms with Crippen LogP contribution in [-0.2, 0) is 9.57 Å². The van der Waals surface area contributed by atoms with Crippen molar-refractivity contribution in [1.29, 1.82) is 0 Å². The van der Waals surface area contributed by atoms with Gasteiger partial charge >= 0.3 is 0 Å². The van der Waals surface area contributed by atoms with Gasteiger partial charge in [0.15, 0.2) is 6.10 Å². The fourth-order valence-electron chi connectivity index (χ4n) is 5.00. The van der Waals surface area contributed by atoms with Crippen molar-refractivity contribution in [2.45, 2.75) is 13.0 Å². The molecular weight excluding hydrogens is 442 g/mol. The number of oxime groups is 1. The van der Waals surface area contributed by atoms with Crippen LogP contribution < -0.4 is 9.47 Å². The van der Waals surface area contributed by atoms with Gasteiger partial charge in [0.05, 0.1) is 12.5 Å². The zero-order chi connectivity index (χ0) is 24.0. The van der Waals surface area contributed by atoms with Crippen molar-refractivity contribution in [3.05, 3.63) is 65.2 Å². The van der Waals surface area contributed by atoms with E-state index in [1.54, 1.807) is 7.11 Å². The number of piperazine rings is 1. The molecule has 0 spiro atoms. The van der Waals surface area contributed by atoms with Crippen LogP contribution in [0.4, 0.5) is 0 Å². The van der Waals surface area contributed by atoms with Gasteiger partial charge in [-0.1, -0.05) is 47.1 Å². The number of ether oxygens (including phenoxy) is 3. The second-order valence-corrected chi connectivity index (χ2v) is 9.52. The van der Waals surface area contributed by atoms with Crippen LogP contribution in [0.25, 0.3) is 6.08 Å². The first-order valence-corrected chi connectivity index (χ1v) is 12.5. The SMILES string of the molecule is COCCOc1ccc2c(c1)OC[C@@H]1C2=NO[C@H]1CN1CCN(C/C(C)=C/c2ccccc2)CC1. The Labute approximate surface area is 207 Å². The van der Waals surface area contributed by atoms with Crippen molar-refractivity contribution in [3.63, 3.8) is 0 Å². The molecular formula is C28H35N3O4. The minimum Gasteiger partial charge on any atom is -0.492 e. The van der Waals surface area contributed by atoms with Gasteiger partial charge in [0.2, 0.25) is 0 Å². The third-order valence-corrected chi connectivity index (χ3v) is 6.88.